The first-order valence-electron chi connectivity index (χ1n) is 15.5. The van der Waals surface area contributed by atoms with Crippen molar-refractivity contribution in [2.75, 3.05) is 19.6 Å². The second kappa shape index (κ2) is 14.8. The number of likely N-dealkylation sites (tertiary alicyclic amines) is 1. The van der Waals surface area contributed by atoms with E-state index >= 15 is 0 Å². The molecule has 0 amide bonds. The zero-order chi connectivity index (χ0) is 31.7. The Hall–Kier alpha value is -3.81. The highest BCUT2D eigenvalue weighted by Gasteiger charge is 2.35. The molecule has 0 aromatic heterocycles. The van der Waals surface area contributed by atoms with Crippen molar-refractivity contribution < 1.29 is 28.9 Å². The van der Waals surface area contributed by atoms with Gasteiger partial charge in [0.2, 0.25) is 0 Å². The normalized spacial score (nSPS) is 14.8. The molecule has 0 radical (unpaired) electrons. The van der Waals surface area contributed by atoms with Gasteiger partial charge in [0.25, 0.3) is 0 Å². The molecule has 7 heteroatoms. The topological polar surface area (TPSA) is 82.1 Å². The Morgan fingerprint density at radius 3 is 1.80 bits per heavy atom. The SMILES string of the molecule is CC(C)(C)C(=O)OOC(=O)C(C)(C)c1ccc(C(=O)CCCN2CCC(OC(c3ccccc3)c3ccccc3)CC2)cc1. The van der Waals surface area contributed by atoms with E-state index in [-0.39, 0.29) is 18.0 Å². The van der Waals surface area contributed by atoms with Gasteiger partial charge < -0.3 is 9.64 Å². The number of hydrogen-bond donors (Lipinski definition) is 0. The minimum Gasteiger partial charge on any atom is -0.365 e. The lowest BCUT2D eigenvalue weighted by molar-refractivity contribution is -0.268. The lowest BCUT2D eigenvalue weighted by Gasteiger charge is -2.34. The number of nitrogens with zero attached hydrogens (tertiary/aromatic N) is 1. The predicted molar refractivity (Wildman–Crippen MR) is 170 cm³/mol. The van der Waals surface area contributed by atoms with Gasteiger partial charge in [-0.2, -0.15) is 0 Å². The maximum Gasteiger partial charge on any atom is 0.365 e. The average molecular weight is 600 g/mol. The summed E-state index contributed by atoms with van der Waals surface area (Å²) < 4.78 is 6.67. The summed E-state index contributed by atoms with van der Waals surface area (Å²) in [5.41, 5.74) is 1.76. The van der Waals surface area contributed by atoms with Gasteiger partial charge in [-0.3, -0.25) is 4.79 Å². The van der Waals surface area contributed by atoms with Crippen molar-refractivity contribution >= 4 is 17.7 Å². The van der Waals surface area contributed by atoms with Gasteiger partial charge >= 0.3 is 11.9 Å². The van der Waals surface area contributed by atoms with Gasteiger partial charge in [0.1, 0.15) is 6.10 Å². The highest BCUT2D eigenvalue weighted by Crippen LogP contribution is 2.30. The summed E-state index contributed by atoms with van der Waals surface area (Å²) >= 11 is 0. The maximum absolute atomic E-state index is 12.9. The number of hydrogen-bond acceptors (Lipinski definition) is 7. The molecule has 234 valence electrons. The second-order valence-corrected chi connectivity index (χ2v) is 13.1. The van der Waals surface area contributed by atoms with Crippen LogP contribution in [-0.2, 0) is 29.5 Å². The van der Waals surface area contributed by atoms with Crippen LogP contribution in [0.2, 0.25) is 0 Å². The summed E-state index contributed by atoms with van der Waals surface area (Å²) in [5, 5.41) is 0. The Morgan fingerprint density at radius 2 is 1.27 bits per heavy atom. The molecule has 1 aliphatic rings. The third kappa shape index (κ3) is 8.87. The van der Waals surface area contributed by atoms with Crippen LogP contribution in [0.4, 0.5) is 0 Å². The summed E-state index contributed by atoms with van der Waals surface area (Å²) in [6.45, 7) is 11.2. The molecule has 7 nitrogen and oxygen atoms in total. The van der Waals surface area contributed by atoms with Crippen LogP contribution < -0.4 is 0 Å². The summed E-state index contributed by atoms with van der Waals surface area (Å²) in [7, 11) is 0. The number of ether oxygens (including phenoxy) is 1. The lowest BCUT2D eigenvalue weighted by Crippen LogP contribution is -2.38. The van der Waals surface area contributed by atoms with E-state index in [0.717, 1.165) is 50.0 Å². The van der Waals surface area contributed by atoms with E-state index in [4.69, 9.17) is 14.5 Å². The first-order chi connectivity index (χ1) is 20.9. The quantitative estimate of drug-likeness (QED) is 0.130. The Morgan fingerprint density at radius 1 is 0.750 bits per heavy atom. The molecule has 0 aliphatic carbocycles. The fourth-order valence-corrected chi connectivity index (χ4v) is 5.17. The molecule has 0 spiro atoms. The molecular weight excluding hydrogens is 554 g/mol. The first-order valence-corrected chi connectivity index (χ1v) is 15.5. The predicted octanol–water partition coefficient (Wildman–Crippen LogP) is 7.25. The minimum absolute atomic E-state index is 0.0721. The molecule has 1 aliphatic heterocycles. The third-order valence-corrected chi connectivity index (χ3v) is 8.19. The highest BCUT2D eigenvalue weighted by molar-refractivity contribution is 5.96. The van der Waals surface area contributed by atoms with Crippen molar-refractivity contribution in [2.24, 2.45) is 5.41 Å². The van der Waals surface area contributed by atoms with Gasteiger partial charge in [-0.05, 0) is 77.1 Å². The molecule has 0 N–H and O–H groups in total. The molecule has 1 heterocycles. The second-order valence-electron chi connectivity index (χ2n) is 13.1. The third-order valence-electron chi connectivity index (χ3n) is 8.19. The fraction of sp³-hybridized carbons (Fsp3) is 0.432. The number of carbonyl (C=O) groups is 3. The van der Waals surface area contributed by atoms with E-state index in [9.17, 15) is 14.4 Å². The van der Waals surface area contributed by atoms with Gasteiger partial charge in [-0.1, -0.05) is 84.9 Å². The van der Waals surface area contributed by atoms with E-state index in [0.29, 0.717) is 17.5 Å². The number of rotatable bonds is 11. The largest absolute Gasteiger partial charge is 0.365 e. The molecule has 0 saturated carbocycles. The number of piperidine rings is 1. The van der Waals surface area contributed by atoms with Crippen LogP contribution in [0.25, 0.3) is 0 Å². The Labute approximate surface area is 261 Å². The summed E-state index contributed by atoms with van der Waals surface area (Å²) in [4.78, 5) is 49.5. The van der Waals surface area contributed by atoms with E-state index in [1.54, 1.807) is 58.9 Å². The Kier molecular flexibility index (Phi) is 11.1. The molecular formula is C37H45NO6. The van der Waals surface area contributed by atoms with Crippen molar-refractivity contribution in [1.82, 2.24) is 4.90 Å². The molecule has 3 aromatic rings. The standard InChI is InChI=1S/C37H45NO6/c1-36(2,3)34(40)43-44-35(41)37(4,5)30-20-18-27(19-21-30)32(39)17-12-24-38-25-22-31(23-26-38)42-33(28-13-8-6-9-14-28)29-15-10-7-11-16-29/h6-11,13-16,18-21,31,33H,12,17,22-26H2,1-5H3. The fourth-order valence-electron chi connectivity index (χ4n) is 5.17. The van der Waals surface area contributed by atoms with Crippen LogP contribution >= 0.6 is 0 Å². The highest BCUT2D eigenvalue weighted by atomic mass is 17.2. The summed E-state index contributed by atoms with van der Waals surface area (Å²) in [5.74, 6) is -1.23. The van der Waals surface area contributed by atoms with Crippen LogP contribution in [0.5, 0.6) is 0 Å². The van der Waals surface area contributed by atoms with Gasteiger partial charge in [0.15, 0.2) is 5.78 Å². The number of carbonyl (C=O) groups excluding carboxylic acids is 3. The van der Waals surface area contributed by atoms with Crippen LogP contribution in [0.1, 0.15) is 93.5 Å². The maximum atomic E-state index is 12.9. The Bertz CT molecular complexity index is 1330. The summed E-state index contributed by atoms with van der Waals surface area (Å²) in [6.07, 6.45) is 3.25. The van der Waals surface area contributed by atoms with E-state index < -0.39 is 22.8 Å². The van der Waals surface area contributed by atoms with Crippen molar-refractivity contribution in [3.63, 3.8) is 0 Å². The number of benzene rings is 3. The monoisotopic (exact) mass is 599 g/mol. The zero-order valence-corrected chi connectivity index (χ0v) is 26.6. The van der Waals surface area contributed by atoms with Crippen molar-refractivity contribution in [3.05, 3.63) is 107 Å². The van der Waals surface area contributed by atoms with Gasteiger partial charge in [0.05, 0.1) is 16.9 Å². The molecule has 1 saturated heterocycles. The molecule has 44 heavy (non-hydrogen) atoms. The van der Waals surface area contributed by atoms with Crippen molar-refractivity contribution in [1.29, 1.82) is 0 Å². The molecule has 4 rings (SSSR count). The average Bonchev–Trinajstić information content (AvgIpc) is 3.03. The zero-order valence-electron chi connectivity index (χ0n) is 26.6. The molecule has 0 atom stereocenters. The molecule has 0 bridgehead atoms. The van der Waals surface area contributed by atoms with Crippen molar-refractivity contribution in [2.45, 2.75) is 77.9 Å². The smallest absolute Gasteiger partial charge is 0.365 e. The van der Waals surface area contributed by atoms with Crippen LogP contribution in [0, 0.1) is 5.41 Å². The van der Waals surface area contributed by atoms with E-state index in [1.165, 1.54) is 0 Å². The molecule has 1 fully saturated rings. The van der Waals surface area contributed by atoms with E-state index in [1.807, 2.05) is 12.1 Å². The minimum atomic E-state index is -1.06. The molecule has 0 unspecified atom stereocenters. The lowest BCUT2D eigenvalue weighted by atomic mass is 9.84. The first kappa shape index (κ1) is 33.1. The molecule has 3 aromatic carbocycles. The Balaban J connectivity index is 1.22. The van der Waals surface area contributed by atoms with Gasteiger partial charge in [-0.25, -0.2) is 19.4 Å². The number of Topliss-reactive ketones (excluding diaryl/α,β-unsaturated/α-hetero) is 1. The van der Waals surface area contributed by atoms with E-state index in [2.05, 4.69) is 53.4 Å². The summed E-state index contributed by atoms with van der Waals surface area (Å²) in [6, 6.07) is 27.8. The van der Waals surface area contributed by atoms with Crippen molar-refractivity contribution in [3.8, 4) is 0 Å². The van der Waals surface area contributed by atoms with Gasteiger partial charge in [0, 0.05) is 25.1 Å². The van der Waals surface area contributed by atoms with Crippen LogP contribution in [0.15, 0.2) is 84.9 Å². The van der Waals surface area contributed by atoms with Gasteiger partial charge in [-0.15, -0.1) is 0 Å². The number of ketones is 1. The van der Waals surface area contributed by atoms with Crippen LogP contribution in [-0.4, -0.2) is 48.4 Å². The van der Waals surface area contributed by atoms with Crippen LogP contribution in [0.3, 0.4) is 0 Å².